The van der Waals surface area contributed by atoms with E-state index in [2.05, 4.69) is 33.2 Å². The zero-order valence-electron chi connectivity index (χ0n) is 13.6. The van der Waals surface area contributed by atoms with E-state index >= 15 is 0 Å². The Kier molecular flexibility index (Phi) is 6.65. The number of ether oxygens (including phenoxy) is 1. The maximum absolute atomic E-state index is 12.4. The number of anilines is 1. The Morgan fingerprint density at radius 2 is 1.86 bits per heavy atom. The van der Waals surface area contributed by atoms with Gasteiger partial charge in [0, 0.05) is 9.26 Å². The van der Waals surface area contributed by atoms with Crippen molar-refractivity contribution in [2.75, 3.05) is 5.32 Å². The third-order valence-electron chi connectivity index (χ3n) is 2.71. The number of carbonyl (C=O) groups excluding carboxylic acids is 2. The van der Waals surface area contributed by atoms with E-state index in [0.29, 0.717) is 5.69 Å². The van der Waals surface area contributed by atoms with E-state index in [1.54, 1.807) is 20.8 Å². The van der Waals surface area contributed by atoms with Crippen LogP contribution in [0.4, 0.5) is 10.5 Å². The molecular formula is C16H23IN2O3. The molecule has 1 unspecified atom stereocenters. The summed E-state index contributed by atoms with van der Waals surface area (Å²) in [4.78, 5) is 24.3. The summed E-state index contributed by atoms with van der Waals surface area (Å²) in [6.45, 7) is 9.08. The van der Waals surface area contributed by atoms with Gasteiger partial charge < -0.3 is 15.4 Å². The highest BCUT2D eigenvalue weighted by Gasteiger charge is 2.26. The van der Waals surface area contributed by atoms with Crippen LogP contribution in [0.3, 0.4) is 0 Å². The van der Waals surface area contributed by atoms with Crippen molar-refractivity contribution in [2.45, 2.75) is 46.3 Å². The van der Waals surface area contributed by atoms with Crippen LogP contribution < -0.4 is 10.6 Å². The van der Waals surface area contributed by atoms with Crippen LogP contribution in [-0.2, 0) is 9.53 Å². The highest BCUT2D eigenvalue weighted by Crippen LogP contribution is 2.14. The highest BCUT2D eigenvalue weighted by molar-refractivity contribution is 14.1. The molecule has 5 nitrogen and oxygen atoms in total. The number of benzene rings is 1. The fourth-order valence-corrected chi connectivity index (χ4v) is 2.30. The molecule has 0 spiro atoms. The van der Waals surface area contributed by atoms with Crippen molar-refractivity contribution in [1.29, 1.82) is 0 Å². The van der Waals surface area contributed by atoms with Crippen LogP contribution in [0.25, 0.3) is 0 Å². The fourth-order valence-electron chi connectivity index (χ4n) is 1.76. The van der Waals surface area contributed by atoms with E-state index in [1.807, 2.05) is 38.1 Å². The van der Waals surface area contributed by atoms with Gasteiger partial charge in [-0.15, -0.1) is 0 Å². The maximum atomic E-state index is 12.4. The smallest absolute Gasteiger partial charge is 0.408 e. The molecule has 0 bridgehead atoms. The van der Waals surface area contributed by atoms with Crippen molar-refractivity contribution in [3.63, 3.8) is 0 Å². The van der Waals surface area contributed by atoms with Crippen molar-refractivity contribution in [3.8, 4) is 0 Å². The van der Waals surface area contributed by atoms with Gasteiger partial charge in [-0.05, 0) is 67.5 Å². The molecule has 0 saturated heterocycles. The van der Waals surface area contributed by atoms with Crippen LogP contribution in [0, 0.1) is 9.49 Å². The summed E-state index contributed by atoms with van der Waals surface area (Å²) >= 11 is 2.18. The van der Waals surface area contributed by atoms with Crippen LogP contribution in [0.1, 0.15) is 34.6 Å². The first-order chi connectivity index (χ1) is 10.1. The zero-order valence-corrected chi connectivity index (χ0v) is 15.7. The Bertz CT molecular complexity index is 538. The monoisotopic (exact) mass is 418 g/mol. The summed E-state index contributed by atoms with van der Waals surface area (Å²) in [5.74, 6) is -0.321. The molecule has 0 aliphatic rings. The van der Waals surface area contributed by atoms with E-state index in [1.165, 1.54) is 0 Å². The third kappa shape index (κ3) is 6.64. The summed E-state index contributed by atoms with van der Waals surface area (Å²) in [6.07, 6.45) is -0.594. The molecule has 1 rings (SSSR count). The van der Waals surface area contributed by atoms with Gasteiger partial charge in [-0.1, -0.05) is 19.9 Å². The SMILES string of the molecule is CC(C)C(NC(=O)OC(C)(C)C)C(=O)Nc1cccc(I)c1. The second kappa shape index (κ2) is 7.80. The summed E-state index contributed by atoms with van der Waals surface area (Å²) < 4.78 is 6.23. The summed E-state index contributed by atoms with van der Waals surface area (Å²) in [5, 5.41) is 5.45. The summed E-state index contributed by atoms with van der Waals surface area (Å²) in [6, 6.07) is 6.82. The molecule has 0 fully saturated rings. The largest absolute Gasteiger partial charge is 0.444 e. The summed E-state index contributed by atoms with van der Waals surface area (Å²) in [7, 11) is 0. The number of alkyl carbamates (subject to hydrolysis) is 1. The lowest BCUT2D eigenvalue weighted by atomic mass is 10.0. The number of hydrogen-bond donors (Lipinski definition) is 2. The quantitative estimate of drug-likeness (QED) is 0.732. The van der Waals surface area contributed by atoms with Gasteiger partial charge in [-0.2, -0.15) is 0 Å². The first-order valence-electron chi connectivity index (χ1n) is 7.14. The second-order valence-electron chi connectivity index (χ2n) is 6.37. The number of nitrogens with one attached hydrogen (secondary N) is 2. The predicted octanol–water partition coefficient (Wildman–Crippen LogP) is 3.78. The van der Waals surface area contributed by atoms with E-state index < -0.39 is 17.7 Å². The Morgan fingerprint density at radius 1 is 1.23 bits per heavy atom. The number of rotatable bonds is 4. The lowest BCUT2D eigenvalue weighted by molar-refractivity contribution is -0.119. The molecule has 1 aromatic rings. The van der Waals surface area contributed by atoms with Gasteiger partial charge in [0.05, 0.1) is 0 Å². The molecule has 0 aliphatic carbocycles. The number of amides is 2. The molecule has 2 amide bonds. The standard InChI is InChI=1S/C16H23IN2O3/c1-10(2)13(19-15(21)22-16(3,4)5)14(20)18-12-8-6-7-11(17)9-12/h6-10,13H,1-5H3,(H,18,20)(H,19,21). The molecule has 1 atom stereocenters. The Hall–Kier alpha value is -1.31. The fraction of sp³-hybridized carbons (Fsp3) is 0.500. The lowest BCUT2D eigenvalue weighted by Gasteiger charge is -2.25. The van der Waals surface area contributed by atoms with Crippen molar-refractivity contribution < 1.29 is 14.3 Å². The maximum Gasteiger partial charge on any atom is 0.408 e. The Morgan fingerprint density at radius 3 is 2.36 bits per heavy atom. The topological polar surface area (TPSA) is 67.4 Å². The molecule has 6 heteroatoms. The molecular weight excluding hydrogens is 395 g/mol. The van der Waals surface area contributed by atoms with Gasteiger partial charge in [0.15, 0.2) is 0 Å². The van der Waals surface area contributed by atoms with Gasteiger partial charge >= 0.3 is 6.09 Å². The molecule has 2 N–H and O–H groups in total. The number of hydrogen-bond acceptors (Lipinski definition) is 3. The average Bonchev–Trinajstić information content (AvgIpc) is 2.33. The Labute approximate surface area is 145 Å². The molecule has 1 aromatic carbocycles. The highest BCUT2D eigenvalue weighted by atomic mass is 127. The lowest BCUT2D eigenvalue weighted by Crippen LogP contribution is -2.48. The van der Waals surface area contributed by atoms with E-state index in [9.17, 15) is 9.59 Å². The minimum absolute atomic E-state index is 0.0599. The van der Waals surface area contributed by atoms with Gasteiger partial charge in [0.25, 0.3) is 0 Å². The number of halogens is 1. The normalized spacial score (nSPS) is 12.7. The molecule has 0 heterocycles. The van der Waals surface area contributed by atoms with Crippen molar-refractivity contribution in [1.82, 2.24) is 5.32 Å². The van der Waals surface area contributed by atoms with E-state index in [-0.39, 0.29) is 11.8 Å². The van der Waals surface area contributed by atoms with Crippen LogP contribution in [0.15, 0.2) is 24.3 Å². The number of carbonyl (C=O) groups is 2. The van der Waals surface area contributed by atoms with E-state index in [0.717, 1.165) is 3.57 Å². The molecule has 122 valence electrons. The first kappa shape index (κ1) is 18.7. The van der Waals surface area contributed by atoms with Gasteiger partial charge in [-0.25, -0.2) is 4.79 Å². The molecule has 0 aromatic heterocycles. The molecule has 0 aliphatic heterocycles. The third-order valence-corrected chi connectivity index (χ3v) is 3.38. The van der Waals surface area contributed by atoms with Crippen LogP contribution in [-0.4, -0.2) is 23.6 Å². The zero-order chi connectivity index (χ0) is 16.9. The minimum Gasteiger partial charge on any atom is -0.444 e. The van der Waals surface area contributed by atoms with Crippen LogP contribution >= 0.6 is 22.6 Å². The minimum atomic E-state index is -0.660. The van der Waals surface area contributed by atoms with Crippen molar-refractivity contribution >= 4 is 40.3 Å². The van der Waals surface area contributed by atoms with Gasteiger partial charge in [-0.3, -0.25) is 4.79 Å². The second-order valence-corrected chi connectivity index (χ2v) is 7.61. The van der Waals surface area contributed by atoms with Crippen LogP contribution in [0.5, 0.6) is 0 Å². The predicted molar refractivity (Wildman–Crippen MR) is 95.8 cm³/mol. The van der Waals surface area contributed by atoms with Crippen molar-refractivity contribution in [2.24, 2.45) is 5.92 Å². The van der Waals surface area contributed by atoms with Gasteiger partial charge in [0.1, 0.15) is 11.6 Å². The van der Waals surface area contributed by atoms with Crippen molar-refractivity contribution in [3.05, 3.63) is 27.8 Å². The van der Waals surface area contributed by atoms with Crippen LogP contribution in [0.2, 0.25) is 0 Å². The molecule has 0 radical (unpaired) electrons. The average molecular weight is 418 g/mol. The summed E-state index contributed by atoms with van der Waals surface area (Å²) in [5.41, 5.74) is 0.103. The Balaban J connectivity index is 2.74. The first-order valence-corrected chi connectivity index (χ1v) is 8.22. The van der Waals surface area contributed by atoms with Gasteiger partial charge in [0.2, 0.25) is 5.91 Å². The van der Waals surface area contributed by atoms with E-state index in [4.69, 9.17) is 4.74 Å². The molecule has 0 saturated carbocycles. The molecule has 22 heavy (non-hydrogen) atoms.